The number of nitrogens with one attached hydrogen (secondary N) is 1. The van der Waals surface area contributed by atoms with Crippen LogP contribution in [-0.4, -0.2) is 54.8 Å². The third kappa shape index (κ3) is 4.98. The van der Waals surface area contributed by atoms with Crippen molar-refractivity contribution >= 4 is 18.0 Å². The fourth-order valence-corrected chi connectivity index (χ4v) is 2.64. The van der Waals surface area contributed by atoms with Crippen LogP contribution in [0.4, 0.5) is 5.69 Å². The van der Waals surface area contributed by atoms with Gasteiger partial charge in [-0.15, -0.1) is 0 Å². The Hall–Kier alpha value is -2.04. The van der Waals surface area contributed by atoms with Crippen LogP contribution in [-0.2, 0) is 15.0 Å². The van der Waals surface area contributed by atoms with Crippen molar-refractivity contribution in [2.45, 2.75) is 32.6 Å². The molecule has 1 fully saturated rings. The first kappa shape index (κ1) is 17.3. The molecule has 1 aliphatic rings. The highest BCUT2D eigenvalue weighted by Crippen LogP contribution is 2.23. The van der Waals surface area contributed by atoms with E-state index in [9.17, 15) is 9.59 Å². The molecule has 0 spiro atoms. The quantitative estimate of drug-likeness (QED) is 0.846. The van der Waals surface area contributed by atoms with Gasteiger partial charge in [0.05, 0.1) is 0 Å². The van der Waals surface area contributed by atoms with Gasteiger partial charge >= 0.3 is 0 Å². The summed E-state index contributed by atoms with van der Waals surface area (Å²) in [4.78, 5) is 26.4. The van der Waals surface area contributed by atoms with Crippen LogP contribution in [0.2, 0.25) is 0 Å². The van der Waals surface area contributed by atoms with Crippen molar-refractivity contribution in [3.8, 4) is 0 Å². The fourth-order valence-electron chi connectivity index (χ4n) is 2.64. The number of piperazine rings is 1. The summed E-state index contributed by atoms with van der Waals surface area (Å²) in [6.07, 6.45) is 1.33. The maximum atomic E-state index is 12.1. The zero-order valence-corrected chi connectivity index (χ0v) is 14.3. The second kappa shape index (κ2) is 7.49. The molecule has 0 saturated carbocycles. The number of hydrogen-bond acceptors (Lipinski definition) is 3. The summed E-state index contributed by atoms with van der Waals surface area (Å²) in [5.41, 5.74) is 2.49. The van der Waals surface area contributed by atoms with Gasteiger partial charge in [0.25, 0.3) is 0 Å². The minimum atomic E-state index is 0.148. The maximum Gasteiger partial charge on any atom is 0.224 e. The van der Waals surface area contributed by atoms with Gasteiger partial charge in [-0.2, -0.15) is 0 Å². The SMILES string of the molecule is CC(C)(C)c1ccc(NCCC(=O)N2CCN(C=O)CC2)cc1. The summed E-state index contributed by atoms with van der Waals surface area (Å²) in [7, 11) is 0. The van der Waals surface area contributed by atoms with Crippen molar-refractivity contribution in [2.75, 3.05) is 38.0 Å². The van der Waals surface area contributed by atoms with Crippen LogP contribution in [0.3, 0.4) is 0 Å². The molecule has 0 radical (unpaired) electrons. The van der Waals surface area contributed by atoms with Crippen LogP contribution in [0.15, 0.2) is 24.3 Å². The summed E-state index contributed by atoms with van der Waals surface area (Å²) in [6, 6.07) is 8.38. The standard InChI is InChI=1S/C18H27N3O2/c1-18(2,3)15-4-6-16(7-5-15)19-9-8-17(23)21-12-10-20(14-22)11-13-21/h4-7,14,19H,8-13H2,1-3H3. The molecule has 1 heterocycles. The summed E-state index contributed by atoms with van der Waals surface area (Å²) < 4.78 is 0. The molecule has 0 atom stereocenters. The van der Waals surface area contributed by atoms with Crippen molar-refractivity contribution in [1.29, 1.82) is 0 Å². The van der Waals surface area contributed by atoms with Crippen LogP contribution in [0.25, 0.3) is 0 Å². The van der Waals surface area contributed by atoms with E-state index < -0.39 is 0 Å². The summed E-state index contributed by atoms with van der Waals surface area (Å²) in [6.45, 7) is 9.75. The molecule has 0 aliphatic carbocycles. The molecule has 23 heavy (non-hydrogen) atoms. The van der Waals surface area contributed by atoms with E-state index in [2.05, 4.69) is 50.4 Å². The van der Waals surface area contributed by atoms with Crippen molar-refractivity contribution in [3.63, 3.8) is 0 Å². The number of hydrogen-bond donors (Lipinski definition) is 1. The van der Waals surface area contributed by atoms with Gasteiger partial charge in [-0.05, 0) is 23.1 Å². The van der Waals surface area contributed by atoms with Gasteiger partial charge < -0.3 is 15.1 Å². The molecule has 5 nitrogen and oxygen atoms in total. The fraction of sp³-hybridized carbons (Fsp3) is 0.556. The van der Waals surface area contributed by atoms with E-state index in [-0.39, 0.29) is 11.3 Å². The summed E-state index contributed by atoms with van der Waals surface area (Å²) >= 11 is 0. The second-order valence-corrected chi connectivity index (χ2v) is 7.03. The molecule has 1 saturated heterocycles. The Morgan fingerprint density at radius 2 is 1.74 bits per heavy atom. The van der Waals surface area contributed by atoms with Crippen LogP contribution < -0.4 is 5.32 Å². The Labute approximate surface area is 138 Å². The first-order valence-electron chi connectivity index (χ1n) is 8.22. The molecular formula is C18H27N3O2. The number of benzene rings is 1. The van der Waals surface area contributed by atoms with E-state index >= 15 is 0 Å². The highest BCUT2D eigenvalue weighted by Gasteiger charge is 2.19. The highest BCUT2D eigenvalue weighted by atomic mass is 16.2. The normalized spacial score (nSPS) is 15.4. The van der Waals surface area contributed by atoms with Crippen LogP contribution in [0.1, 0.15) is 32.8 Å². The summed E-state index contributed by atoms with van der Waals surface area (Å²) in [5.74, 6) is 0.148. The number of carbonyl (C=O) groups excluding carboxylic acids is 2. The lowest BCUT2D eigenvalue weighted by molar-refractivity contribution is -0.134. The average molecular weight is 317 g/mol. The van der Waals surface area contributed by atoms with Crippen molar-refractivity contribution in [3.05, 3.63) is 29.8 Å². The van der Waals surface area contributed by atoms with Gasteiger partial charge in [-0.1, -0.05) is 32.9 Å². The molecule has 1 aliphatic heterocycles. The van der Waals surface area contributed by atoms with E-state index in [1.54, 1.807) is 4.90 Å². The van der Waals surface area contributed by atoms with Gasteiger partial charge in [-0.3, -0.25) is 9.59 Å². The molecular weight excluding hydrogens is 290 g/mol. The van der Waals surface area contributed by atoms with Crippen molar-refractivity contribution < 1.29 is 9.59 Å². The predicted molar refractivity (Wildman–Crippen MR) is 92.5 cm³/mol. The van der Waals surface area contributed by atoms with Gasteiger partial charge in [0.15, 0.2) is 0 Å². The van der Waals surface area contributed by atoms with E-state index in [0.29, 0.717) is 39.1 Å². The molecule has 1 N–H and O–H groups in total. The topological polar surface area (TPSA) is 52.7 Å². The van der Waals surface area contributed by atoms with Crippen molar-refractivity contribution in [1.82, 2.24) is 9.80 Å². The Morgan fingerprint density at radius 3 is 2.26 bits per heavy atom. The molecule has 0 aromatic heterocycles. The first-order valence-corrected chi connectivity index (χ1v) is 8.22. The lowest BCUT2D eigenvalue weighted by atomic mass is 9.87. The molecule has 1 aromatic rings. The Bertz CT molecular complexity index is 526. The molecule has 2 rings (SSSR count). The Balaban J connectivity index is 1.74. The summed E-state index contributed by atoms with van der Waals surface area (Å²) in [5, 5.41) is 3.30. The van der Waals surface area contributed by atoms with E-state index in [1.807, 2.05) is 4.90 Å². The van der Waals surface area contributed by atoms with Crippen LogP contribution in [0.5, 0.6) is 0 Å². The second-order valence-electron chi connectivity index (χ2n) is 7.03. The van der Waals surface area contributed by atoms with Gasteiger partial charge in [0.1, 0.15) is 0 Å². The lowest BCUT2D eigenvalue weighted by Crippen LogP contribution is -2.48. The Kier molecular flexibility index (Phi) is 5.64. The molecule has 2 amide bonds. The van der Waals surface area contributed by atoms with Gasteiger partial charge in [-0.25, -0.2) is 0 Å². The molecule has 0 unspecified atom stereocenters. The number of nitrogens with zero attached hydrogens (tertiary/aromatic N) is 2. The molecule has 1 aromatic carbocycles. The number of rotatable bonds is 5. The first-order chi connectivity index (χ1) is 10.9. The van der Waals surface area contributed by atoms with Crippen LogP contribution in [0, 0.1) is 0 Å². The van der Waals surface area contributed by atoms with E-state index in [0.717, 1.165) is 12.1 Å². The van der Waals surface area contributed by atoms with Gasteiger partial charge in [0.2, 0.25) is 12.3 Å². The number of anilines is 1. The van der Waals surface area contributed by atoms with E-state index in [4.69, 9.17) is 0 Å². The zero-order valence-electron chi connectivity index (χ0n) is 14.3. The minimum absolute atomic E-state index is 0.148. The largest absolute Gasteiger partial charge is 0.385 e. The monoisotopic (exact) mass is 317 g/mol. The van der Waals surface area contributed by atoms with Gasteiger partial charge in [0, 0.05) is 44.8 Å². The number of amides is 2. The van der Waals surface area contributed by atoms with Crippen LogP contribution >= 0.6 is 0 Å². The molecule has 0 bridgehead atoms. The zero-order chi connectivity index (χ0) is 16.9. The Morgan fingerprint density at radius 1 is 1.13 bits per heavy atom. The molecule has 5 heteroatoms. The predicted octanol–water partition coefficient (Wildman–Crippen LogP) is 2.09. The smallest absolute Gasteiger partial charge is 0.224 e. The number of carbonyl (C=O) groups is 2. The van der Waals surface area contributed by atoms with E-state index in [1.165, 1.54) is 5.56 Å². The third-order valence-electron chi connectivity index (χ3n) is 4.23. The third-order valence-corrected chi connectivity index (χ3v) is 4.23. The maximum absolute atomic E-state index is 12.1. The average Bonchev–Trinajstić information content (AvgIpc) is 2.54. The highest BCUT2D eigenvalue weighted by molar-refractivity contribution is 5.77. The minimum Gasteiger partial charge on any atom is -0.385 e. The lowest BCUT2D eigenvalue weighted by Gasteiger charge is -2.32. The molecule has 126 valence electrons. The van der Waals surface area contributed by atoms with Crippen molar-refractivity contribution in [2.24, 2.45) is 0 Å².